The molecule has 6 heteroatoms. The summed E-state index contributed by atoms with van der Waals surface area (Å²) in [5, 5.41) is 7.69. The second-order valence-electron chi connectivity index (χ2n) is 3.07. The molecule has 15 heavy (non-hydrogen) atoms. The maximum Gasteiger partial charge on any atom is 0.277 e. The summed E-state index contributed by atoms with van der Waals surface area (Å²) in [6, 6.07) is 3.81. The van der Waals surface area contributed by atoms with E-state index in [1.165, 1.54) is 12.1 Å². The van der Waals surface area contributed by atoms with E-state index >= 15 is 0 Å². The van der Waals surface area contributed by atoms with Gasteiger partial charge in [-0.05, 0) is 18.2 Å². The third-order valence-corrected chi connectivity index (χ3v) is 2.02. The first-order chi connectivity index (χ1) is 7.22. The highest BCUT2D eigenvalue weighted by Gasteiger charge is 2.05. The molecule has 0 saturated carbocycles. The quantitative estimate of drug-likeness (QED) is 0.747. The van der Waals surface area contributed by atoms with Crippen LogP contribution in [0.5, 0.6) is 0 Å². The molecule has 78 valence electrons. The number of rotatable bonds is 2. The molecule has 0 aliphatic rings. The van der Waals surface area contributed by atoms with Crippen LogP contribution in [0, 0.1) is 5.82 Å². The fourth-order valence-electron chi connectivity index (χ4n) is 1.32. The third kappa shape index (κ3) is 1.71. The molecular weight excluding hydrogens is 199 g/mol. The van der Waals surface area contributed by atoms with E-state index in [1.54, 1.807) is 0 Å². The second kappa shape index (κ2) is 3.74. The zero-order chi connectivity index (χ0) is 10.8. The summed E-state index contributed by atoms with van der Waals surface area (Å²) in [5.74, 6) is -0.466. The average molecular weight is 208 g/mol. The lowest BCUT2D eigenvalue weighted by molar-refractivity contribution is 0.557. The first-order valence-electron chi connectivity index (χ1n) is 4.45. The van der Waals surface area contributed by atoms with Crippen LogP contribution in [0.3, 0.4) is 0 Å². The minimum absolute atomic E-state index is 0.221. The summed E-state index contributed by atoms with van der Waals surface area (Å²) >= 11 is 0. The molecule has 0 radical (unpaired) electrons. The molecule has 0 unspecified atom stereocenters. The van der Waals surface area contributed by atoms with Crippen LogP contribution in [0.15, 0.2) is 23.0 Å². The van der Waals surface area contributed by atoms with E-state index in [1.807, 2.05) is 0 Å². The van der Waals surface area contributed by atoms with E-state index in [2.05, 4.69) is 10.3 Å². The molecule has 2 N–H and O–H groups in total. The highest BCUT2D eigenvalue weighted by atomic mass is 19.1. The Morgan fingerprint density at radius 3 is 3.00 bits per heavy atom. The van der Waals surface area contributed by atoms with Crippen molar-refractivity contribution < 1.29 is 4.39 Å². The number of benzene rings is 1. The van der Waals surface area contributed by atoms with Gasteiger partial charge in [0.15, 0.2) is 0 Å². The number of hydrogen-bond donors (Lipinski definition) is 1. The molecule has 0 fully saturated rings. The van der Waals surface area contributed by atoms with Gasteiger partial charge in [0.25, 0.3) is 5.56 Å². The Balaban J connectivity index is 2.71. The Kier molecular flexibility index (Phi) is 2.42. The summed E-state index contributed by atoms with van der Waals surface area (Å²) < 4.78 is 14.0. The maximum absolute atomic E-state index is 12.9. The summed E-state index contributed by atoms with van der Waals surface area (Å²) in [6.07, 6.45) is 0. The Morgan fingerprint density at radius 2 is 2.27 bits per heavy atom. The molecule has 0 bridgehead atoms. The molecular formula is C9H9FN4O. The van der Waals surface area contributed by atoms with Crippen LogP contribution in [0.2, 0.25) is 0 Å². The first-order valence-corrected chi connectivity index (χ1v) is 4.45. The van der Waals surface area contributed by atoms with E-state index in [0.29, 0.717) is 5.52 Å². The van der Waals surface area contributed by atoms with Crippen molar-refractivity contribution in [2.45, 2.75) is 6.54 Å². The zero-order valence-corrected chi connectivity index (χ0v) is 7.85. The average Bonchev–Trinajstić information content (AvgIpc) is 2.23. The lowest BCUT2D eigenvalue weighted by atomic mass is 10.2. The lowest BCUT2D eigenvalue weighted by Crippen LogP contribution is -2.27. The van der Waals surface area contributed by atoms with Gasteiger partial charge in [0.1, 0.15) is 11.3 Å². The Labute approximate surface area is 84.3 Å². The highest BCUT2D eigenvalue weighted by Crippen LogP contribution is 2.07. The maximum atomic E-state index is 12.9. The van der Waals surface area contributed by atoms with Crippen molar-refractivity contribution in [2.24, 2.45) is 5.73 Å². The molecule has 0 aliphatic carbocycles. The van der Waals surface area contributed by atoms with Gasteiger partial charge in [0.2, 0.25) is 0 Å². The third-order valence-electron chi connectivity index (χ3n) is 2.02. The molecule has 0 saturated heterocycles. The molecule has 2 rings (SSSR count). The topological polar surface area (TPSA) is 73.8 Å². The number of nitrogens with zero attached hydrogens (tertiary/aromatic N) is 3. The van der Waals surface area contributed by atoms with E-state index in [9.17, 15) is 9.18 Å². The smallest absolute Gasteiger partial charge is 0.277 e. The Bertz CT molecular complexity index is 551. The molecule has 1 aromatic carbocycles. The fraction of sp³-hybridized carbons (Fsp3) is 0.222. The van der Waals surface area contributed by atoms with Crippen LogP contribution in [-0.4, -0.2) is 21.5 Å². The van der Waals surface area contributed by atoms with Crippen LogP contribution in [-0.2, 0) is 6.54 Å². The number of nitrogens with two attached hydrogens (primary N) is 1. The largest absolute Gasteiger partial charge is 0.329 e. The zero-order valence-electron chi connectivity index (χ0n) is 7.85. The van der Waals surface area contributed by atoms with Crippen molar-refractivity contribution in [1.29, 1.82) is 0 Å². The number of aromatic nitrogens is 3. The molecule has 1 heterocycles. The van der Waals surface area contributed by atoms with Gasteiger partial charge >= 0.3 is 0 Å². The molecule has 0 spiro atoms. The number of hydrogen-bond acceptors (Lipinski definition) is 4. The van der Waals surface area contributed by atoms with Crippen LogP contribution in [0.1, 0.15) is 0 Å². The molecule has 0 amide bonds. The van der Waals surface area contributed by atoms with Crippen LogP contribution >= 0.6 is 0 Å². The van der Waals surface area contributed by atoms with E-state index in [4.69, 9.17) is 5.73 Å². The van der Waals surface area contributed by atoms with Crippen molar-refractivity contribution in [3.8, 4) is 0 Å². The van der Waals surface area contributed by atoms with Gasteiger partial charge < -0.3 is 5.73 Å². The second-order valence-corrected chi connectivity index (χ2v) is 3.07. The molecule has 1 aromatic heterocycles. The van der Waals surface area contributed by atoms with Gasteiger partial charge in [-0.3, -0.25) is 4.79 Å². The van der Waals surface area contributed by atoms with E-state index in [-0.39, 0.29) is 24.0 Å². The predicted octanol–water partition coefficient (Wildman–Crippen LogP) is -0.111. The van der Waals surface area contributed by atoms with E-state index < -0.39 is 5.82 Å². The normalized spacial score (nSPS) is 10.8. The van der Waals surface area contributed by atoms with Gasteiger partial charge in [-0.1, -0.05) is 5.21 Å². The first kappa shape index (κ1) is 9.72. The monoisotopic (exact) mass is 208 g/mol. The van der Waals surface area contributed by atoms with Crippen molar-refractivity contribution in [2.75, 3.05) is 6.54 Å². The Morgan fingerprint density at radius 1 is 1.47 bits per heavy atom. The predicted molar refractivity (Wildman–Crippen MR) is 52.8 cm³/mol. The fourth-order valence-corrected chi connectivity index (χ4v) is 1.32. The standard InChI is InChI=1S/C9H9FN4O/c10-6-1-2-8-7(5-6)9(15)14(4-3-11)13-12-8/h1-2,5H,3-4,11H2. The van der Waals surface area contributed by atoms with Gasteiger partial charge in [0, 0.05) is 6.54 Å². The summed E-state index contributed by atoms with van der Waals surface area (Å²) in [6.45, 7) is 0.563. The summed E-state index contributed by atoms with van der Waals surface area (Å²) in [4.78, 5) is 11.7. The lowest BCUT2D eigenvalue weighted by Gasteiger charge is -2.02. The minimum Gasteiger partial charge on any atom is -0.329 e. The van der Waals surface area contributed by atoms with Crippen molar-refractivity contribution in [1.82, 2.24) is 15.0 Å². The van der Waals surface area contributed by atoms with E-state index in [0.717, 1.165) is 10.7 Å². The molecule has 2 aromatic rings. The van der Waals surface area contributed by atoms with Gasteiger partial charge in [-0.25, -0.2) is 9.07 Å². The van der Waals surface area contributed by atoms with Gasteiger partial charge in [0.05, 0.1) is 11.9 Å². The molecule has 0 atom stereocenters. The van der Waals surface area contributed by atoms with Crippen molar-refractivity contribution >= 4 is 10.9 Å². The summed E-state index contributed by atoms with van der Waals surface area (Å²) in [5.41, 5.74) is 5.32. The Hall–Kier alpha value is -1.82. The van der Waals surface area contributed by atoms with Crippen LogP contribution in [0.25, 0.3) is 10.9 Å². The molecule has 5 nitrogen and oxygen atoms in total. The van der Waals surface area contributed by atoms with Crippen molar-refractivity contribution in [3.05, 3.63) is 34.4 Å². The van der Waals surface area contributed by atoms with Gasteiger partial charge in [-0.15, -0.1) is 5.10 Å². The number of halogens is 1. The van der Waals surface area contributed by atoms with Crippen molar-refractivity contribution in [3.63, 3.8) is 0 Å². The highest BCUT2D eigenvalue weighted by molar-refractivity contribution is 5.76. The summed E-state index contributed by atoms with van der Waals surface area (Å²) in [7, 11) is 0. The van der Waals surface area contributed by atoms with Gasteiger partial charge in [-0.2, -0.15) is 0 Å². The van der Waals surface area contributed by atoms with Crippen LogP contribution < -0.4 is 11.3 Å². The molecule has 0 aliphatic heterocycles. The van der Waals surface area contributed by atoms with Crippen LogP contribution in [0.4, 0.5) is 4.39 Å². The SMILES string of the molecule is NCCn1nnc2ccc(F)cc2c1=O. The minimum atomic E-state index is -0.466. The number of fused-ring (bicyclic) bond motifs is 1.